The lowest BCUT2D eigenvalue weighted by Gasteiger charge is -2.10. The summed E-state index contributed by atoms with van der Waals surface area (Å²) in [5, 5.41) is 4.50. The molecule has 0 aliphatic heterocycles. The van der Waals surface area contributed by atoms with Gasteiger partial charge in [-0.1, -0.05) is 47.5 Å². The second-order valence-corrected chi connectivity index (χ2v) is 5.44. The Morgan fingerprint density at radius 1 is 1.14 bits per heavy atom. The van der Waals surface area contributed by atoms with E-state index in [1.54, 1.807) is 6.07 Å². The van der Waals surface area contributed by atoms with Gasteiger partial charge in [0, 0.05) is 28.7 Å². The number of halogens is 3. The van der Waals surface area contributed by atoms with Crippen molar-refractivity contribution in [1.82, 2.24) is 5.32 Å². The van der Waals surface area contributed by atoms with E-state index in [9.17, 15) is 0 Å². The molecule has 0 saturated carbocycles. The highest BCUT2D eigenvalue weighted by atomic mass is 35.5. The molecule has 2 nitrogen and oxygen atoms in total. The molecule has 0 unspecified atom stereocenters. The minimum atomic E-state index is 0. The normalized spacial score (nSPS) is 9.91. The third kappa shape index (κ3) is 5.90. The van der Waals surface area contributed by atoms with Crippen molar-refractivity contribution in [2.75, 3.05) is 6.54 Å². The van der Waals surface area contributed by atoms with Crippen LogP contribution in [0.1, 0.15) is 11.1 Å². The molecule has 0 amide bonds. The highest BCUT2D eigenvalue weighted by Crippen LogP contribution is 2.23. The fraction of sp³-hybridized carbons (Fsp3) is 0.176. The Morgan fingerprint density at radius 3 is 2.68 bits per heavy atom. The topological polar surface area (TPSA) is 21.3 Å². The average molecular weight is 359 g/mol. The zero-order chi connectivity index (χ0) is 15.1. The Morgan fingerprint density at radius 2 is 1.95 bits per heavy atom. The van der Waals surface area contributed by atoms with E-state index in [2.05, 4.69) is 18.0 Å². The van der Waals surface area contributed by atoms with Gasteiger partial charge in [0.05, 0.1) is 0 Å². The summed E-state index contributed by atoms with van der Waals surface area (Å²) in [5.74, 6) is 0.818. The van der Waals surface area contributed by atoms with Gasteiger partial charge in [-0.25, -0.2) is 0 Å². The second-order valence-electron chi connectivity index (χ2n) is 4.59. The molecule has 0 aliphatic rings. The first-order valence-electron chi connectivity index (χ1n) is 6.66. The molecule has 0 bridgehead atoms. The molecule has 0 saturated heterocycles. The molecular weight excluding hydrogens is 341 g/mol. The first-order valence-corrected chi connectivity index (χ1v) is 7.42. The molecule has 0 aliphatic carbocycles. The van der Waals surface area contributed by atoms with Gasteiger partial charge in [0.1, 0.15) is 12.4 Å². The van der Waals surface area contributed by atoms with Crippen LogP contribution in [0.4, 0.5) is 0 Å². The Bertz CT molecular complexity index is 617. The molecule has 5 heteroatoms. The Hall–Kier alpha value is -1.19. The van der Waals surface area contributed by atoms with Crippen molar-refractivity contribution in [3.63, 3.8) is 0 Å². The molecule has 2 rings (SSSR count). The number of nitrogens with one attached hydrogen (secondary N) is 1. The maximum Gasteiger partial charge on any atom is 0.120 e. The largest absolute Gasteiger partial charge is 0.489 e. The third-order valence-corrected chi connectivity index (χ3v) is 3.51. The van der Waals surface area contributed by atoms with Crippen molar-refractivity contribution in [1.29, 1.82) is 0 Å². The first kappa shape index (κ1) is 18.9. The summed E-state index contributed by atoms with van der Waals surface area (Å²) in [6.45, 7) is 5.66. The number of benzene rings is 2. The molecule has 1 N–H and O–H groups in total. The number of rotatable bonds is 7. The van der Waals surface area contributed by atoms with Gasteiger partial charge in [-0.3, -0.25) is 0 Å². The van der Waals surface area contributed by atoms with E-state index in [0.717, 1.165) is 30.0 Å². The van der Waals surface area contributed by atoms with Crippen molar-refractivity contribution in [2.45, 2.75) is 13.2 Å². The zero-order valence-corrected chi connectivity index (χ0v) is 14.3. The SMILES string of the molecule is C=CCNCc1cccc(OCc2ccc(Cl)cc2Cl)c1.Cl. The summed E-state index contributed by atoms with van der Waals surface area (Å²) in [5.41, 5.74) is 2.08. The Balaban J connectivity index is 0.00000242. The van der Waals surface area contributed by atoms with Gasteiger partial charge in [0.2, 0.25) is 0 Å². The van der Waals surface area contributed by atoms with Crippen LogP contribution in [0.5, 0.6) is 5.75 Å². The van der Waals surface area contributed by atoms with E-state index in [0.29, 0.717) is 16.7 Å². The highest BCUT2D eigenvalue weighted by Gasteiger charge is 2.03. The minimum absolute atomic E-state index is 0. The predicted octanol–water partition coefficient (Wildman–Crippen LogP) is 5.27. The van der Waals surface area contributed by atoms with Crippen LogP contribution in [0.25, 0.3) is 0 Å². The van der Waals surface area contributed by atoms with Gasteiger partial charge in [-0.15, -0.1) is 19.0 Å². The van der Waals surface area contributed by atoms with Crippen molar-refractivity contribution in [3.8, 4) is 5.75 Å². The van der Waals surface area contributed by atoms with Crippen LogP contribution >= 0.6 is 35.6 Å². The Kier molecular flexibility index (Phi) is 8.36. The molecule has 2 aromatic rings. The van der Waals surface area contributed by atoms with Crippen molar-refractivity contribution in [2.24, 2.45) is 0 Å². The number of hydrogen-bond donors (Lipinski definition) is 1. The van der Waals surface area contributed by atoms with Crippen molar-refractivity contribution in [3.05, 3.63) is 76.3 Å². The van der Waals surface area contributed by atoms with Crippen molar-refractivity contribution >= 4 is 35.6 Å². The molecule has 0 spiro atoms. The molecule has 0 radical (unpaired) electrons. The molecule has 0 aromatic heterocycles. The maximum absolute atomic E-state index is 6.13. The molecule has 0 heterocycles. The molecule has 0 fully saturated rings. The summed E-state index contributed by atoms with van der Waals surface area (Å²) in [6, 6.07) is 13.4. The Labute approximate surface area is 147 Å². The van der Waals surface area contributed by atoms with Crippen LogP contribution < -0.4 is 10.1 Å². The molecule has 22 heavy (non-hydrogen) atoms. The number of ether oxygens (including phenoxy) is 1. The highest BCUT2D eigenvalue weighted by molar-refractivity contribution is 6.35. The first-order chi connectivity index (χ1) is 10.2. The molecule has 118 valence electrons. The lowest BCUT2D eigenvalue weighted by Crippen LogP contribution is -2.12. The van der Waals surface area contributed by atoms with Gasteiger partial charge in [0.15, 0.2) is 0 Å². The van der Waals surface area contributed by atoms with Gasteiger partial charge in [-0.2, -0.15) is 0 Å². The maximum atomic E-state index is 6.13. The van der Waals surface area contributed by atoms with Crippen LogP contribution in [-0.2, 0) is 13.2 Å². The second kappa shape index (κ2) is 9.75. The van der Waals surface area contributed by atoms with Gasteiger partial charge in [0.25, 0.3) is 0 Å². The monoisotopic (exact) mass is 357 g/mol. The fourth-order valence-corrected chi connectivity index (χ4v) is 2.33. The van der Waals surface area contributed by atoms with Crippen LogP contribution in [0.2, 0.25) is 10.0 Å². The molecular formula is C17H18Cl3NO. The standard InChI is InChI=1S/C17H17Cl2NO.ClH/c1-2-8-20-11-13-4-3-5-16(9-13)21-12-14-6-7-15(18)10-17(14)19;/h2-7,9-10,20H,1,8,11-12H2;1H. The summed E-state index contributed by atoms with van der Waals surface area (Å²) in [7, 11) is 0. The third-order valence-electron chi connectivity index (χ3n) is 2.93. The number of hydrogen-bond acceptors (Lipinski definition) is 2. The van der Waals surface area contributed by atoms with E-state index in [1.807, 2.05) is 36.4 Å². The van der Waals surface area contributed by atoms with Gasteiger partial charge >= 0.3 is 0 Å². The van der Waals surface area contributed by atoms with E-state index in [4.69, 9.17) is 27.9 Å². The smallest absolute Gasteiger partial charge is 0.120 e. The van der Waals surface area contributed by atoms with Gasteiger partial charge < -0.3 is 10.1 Å². The molecule has 0 atom stereocenters. The fourth-order valence-electron chi connectivity index (χ4n) is 1.86. The van der Waals surface area contributed by atoms with E-state index < -0.39 is 0 Å². The van der Waals surface area contributed by atoms with Crippen LogP contribution in [0.15, 0.2) is 55.1 Å². The summed E-state index contributed by atoms with van der Waals surface area (Å²) in [6.07, 6.45) is 1.84. The van der Waals surface area contributed by atoms with E-state index in [1.165, 1.54) is 0 Å². The summed E-state index contributed by atoms with van der Waals surface area (Å²) in [4.78, 5) is 0. The van der Waals surface area contributed by atoms with Gasteiger partial charge in [-0.05, 0) is 29.8 Å². The summed E-state index contributed by atoms with van der Waals surface area (Å²) >= 11 is 12.0. The zero-order valence-electron chi connectivity index (χ0n) is 12.0. The lowest BCUT2D eigenvalue weighted by atomic mass is 10.2. The lowest BCUT2D eigenvalue weighted by molar-refractivity contribution is 0.306. The average Bonchev–Trinajstić information content (AvgIpc) is 2.47. The van der Waals surface area contributed by atoms with E-state index in [-0.39, 0.29) is 12.4 Å². The van der Waals surface area contributed by atoms with Crippen LogP contribution in [0.3, 0.4) is 0 Å². The quantitative estimate of drug-likeness (QED) is 0.538. The van der Waals surface area contributed by atoms with Crippen molar-refractivity contribution < 1.29 is 4.74 Å². The summed E-state index contributed by atoms with van der Waals surface area (Å²) < 4.78 is 5.78. The van der Waals surface area contributed by atoms with Crippen LogP contribution in [-0.4, -0.2) is 6.54 Å². The van der Waals surface area contributed by atoms with Crippen LogP contribution in [0, 0.1) is 0 Å². The molecule has 2 aromatic carbocycles. The predicted molar refractivity (Wildman–Crippen MR) is 96.4 cm³/mol. The minimum Gasteiger partial charge on any atom is -0.489 e. The van der Waals surface area contributed by atoms with E-state index >= 15 is 0 Å².